The van der Waals surface area contributed by atoms with Crippen LogP contribution in [0.25, 0.3) is 16.8 Å². The van der Waals surface area contributed by atoms with Gasteiger partial charge in [0.2, 0.25) is 5.92 Å². The highest BCUT2D eigenvalue weighted by Crippen LogP contribution is 2.43. The van der Waals surface area contributed by atoms with E-state index >= 15 is 0 Å². The van der Waals surface area contributed by atoms with E-state index in [1.807, 2.05) is 20.8 Å². The van der Waals surface area contributed by atoms with Crippen LogP contribution in [0.1, 0.15) is 68.5 Å². The maximum Gasteiger partial charge on any atom is 0.333 e. The van der Waals surface area contributed by atoms with Crippen molar-refractivity contribution < 1.29 is 31.9 Å². The second-order valence-electron chi connectivity index (χ2n) is 13.1. The van der Waals surface area contributed by atoms with Gasteiger partial charge in [0.05, 0.1) is 28.9 Å². The number of aliphatic imine (C=N–C) groups is 1. The van der Waals surface area contributed by atoms with E-state index in [2.05, 4.69) is 15.2 Å². The molecule has 0 aliphatic heterocycles. The Morgan fingerprint density at radius 1 is 1.12 bits per heavy atom. The predicted molar refractivity (Wildman–Crippen MR) is 176 cm³/mol. The number of hydrogen-bond acceptors (Lipinski definition) is 6. The van der Waals surface area contributed by atoms with Crippen LogP contribution in [0.4, 0.5) is 17.6 Å². The zero-order valence-electron chi connectivity index (χ0n) is 27.1. The molecule has 2 aromatic carbocycles. The molecule has 15 heteroatoms. The van der Waals surface area contributed by atoms with Crippen molar-refractivity contribution in [3.05, 3.63) is 89.5 Å². The first-order valence-electron chi connectivity index (χ1n) is 15.5. The first-order chi connectivity index (χ1) is 23.1. The summed E-state index contributed by atoms with van der Waals surface area (Å²) in [6.45, 7) is 3.13. The molecule has 0 bridgehead atoms. The van der Waals surface area contributed by atoms with E-state index < -0.39 is 55.8 Å². The Morgan fingerprint density at radius 3 is 2.43 bits per heavy atom. The van der Waals surface area contributed by atoms with Gasteiger partial charge in [0.25, 0.3) is 5.91 Å². The van der Waals surface area contributed by atoms with E-state index in [1.54, 1.807) is 48.8 Å². The largest absolute Gasteiger partial charge is 0.463 e. The number of benzene rings is 2. The van der Waals surface area contributed by atoms with E-state index in [-0.39, 0.29) is 23.5 Å². The first-order valence-corrected chi connectivity index (χ1v) is 15.9. The van der Waals surface area contributed by atoms with E-state index in [1.165, 1.54) is 34.1 Å². The molecule has 0 saturated heterocycles. The number of ether oxygens (including phenoxy) is 1. The lowest BCUT2D eigenvalue weighted by Crippen LogP contribution is -2.47. The van der Waals surface area contributed by atoms with Gasteiger partial charge >= 0.3 is 12.5 Å². The fourth-order valence-electron chi connectivity index (χ4n) is 5.28. The Bertz CT molecular complexity index is 1800. The van der Waals surface area contributed by atoms with Gasteiger partial charge in [0.1, 0.15) is 6.61 Å². The summed E-state index contributed by atoms with van der Waals surface area (Å²) in [5.41, 5.74) is 8.49. The van der Waals surface area contributed by atoms with Crippen molar-refractivity contribution in [3.63, 3.8) is 0 Å². The summed E-state index contributed by atoms with van der Waals surface area (Å²) in [7, 11) is 0. The number of alkyl halides is 4. The monoisotopic (exact) mass is 701 g/mol. The fourth-order valence-corrected chi connectivity index (χ4v) is 5.48. The number of nitrogens with two attached hydrogens (primary N) is 1. The van der Waals surface area contributed by atoms with E-state index in [9.17, 15) is 27.2 Å². The molecule has 2 aromatic heterocycles. The summed E-state index contributed by atoms with van der Waals surface area (Å²) in [6.07, 6.45) is 5.10. The molecule has 1 saturated carbocycles. The van der Waals surface area contributed by atoms with Crippen molar-refractivity contribution in [2.24, 2.45) is 22.1 Å². The van der Waals surface area contributed by atoms with Crippen LogP contribution in [-0.2, 0) is 9.53 Å². The van der Waals surface area contributed by atoms with Crippen molar-refractivity contribution in [3.8, 4) is 16.8 Å². The van der Waals surface area contributed by atoms with Crippen molar-refractivity contribution in [1.29, 1.82) is 0 Å². The standard InChI is InChI=1S/C34H36ClF4N7O3/c1-33(2,3)11-13-41-32(40)46(29(47)22-7-5-21(6-8-22)25-18-43-45(19-25)31(36)37)28(20-49-30(48)24-16-34(38,39)17-24)23-9-10-26(35)27(15-23)44-14-4-12-42-44/h4-10,12,14-15,18-19,24,28,31H,11,13,16-17,20H2,1-3H3,(H2,40,41)/t28-/m1/s1. The van der Waals surface area contributed by atoms with Crippen molar-refractivity contribution >= 4 is 29.4 Å². The molecule has 5 rings (SSSR count). The fraction of sp³-hybridized carbons (Fsp3) is 0.382. The number of carbonyl (C=O) groups excluding carboxylic acids is 2. The predicted octanol–water partition coefficient (Wildman–Crippen LogP) is 7.31. The molecule has 4 aromatic rings. The van der Waals surface area contributed by atoms with Gasteiger partial charge in [-0.15, -0.1) is 0 Å². The highest BCUT2D eigenvalue weighted by molar-refractivity contribution is 6.32. The minimum atomic E-state index is -2.94. The van der Waals surface area contributed by atoms with Gasteiger partial charge in [-0.2, -0.15) is 19.0 Å². The van der Waals surface area contributed by atoms with Crippen LogP contribution in [0.2, 0.25) is 5.02 Å². The molecule has 0 unspecified atom stereocenters. The third-order valence-corrected chi connectivity index (χ3v) is 8.41. The molecule has 1 aliphatic rings. The second-order valence-corrected chi connectivity index (χ2v) is 13.5. The van der Waals surface area contributed by atoms with E-state index in [0.717, 1.165) is 0 Å². The smallest absolute Gasteiger partial charge is 0.333 e. The number of rotatable bonds is 11. The third-order valence-electron chi connectivity index (χ3n) is 8.09. The molecule has 2 N–H and O–H groups in total. The zero-order chi connectivity index (χ0) is 35.5. The number of aromatic nitrogens is 4. The SMILES string of the molecule is CC(C)(C)CCN=C(N)N(C(=O)c1ccc(-c2cnn(C(F)F)c2)cc1)[C@H](COC(=O)C1CC(F)(F)C1)c1ccc(Cl)c(-n2cccn2)c1. The van der Waals surface area contributed by atoms with E-state index in [0.29, 0.717) is 38.5 Å². The number of halogens is 5. The highest BCUT2D eigenvalue weighted by atomic mass is 35.5. The molecule has 1 atom stereocenters. The van der Waals surface area contributed by atoms with Crippen LogP contribution >= 0.6 is 11.6 Å². The minimum absolute atomic E-state index is 0.0960. The molecule has 1 amide bonds. The van der Waals surface area contributed by atoms with Crippen molar-refractivity contribution in [2.45, 2.75) is 58.5 Å². The number of nitrogens with zero attached hydrogens (tertiary/aromatic N) is 6. The van der Waals surface area contributed by atoms with Crippen LogP contribution in [0.15, 0.2) is 78.3 Å². The van der Waals surface area contributed by atoms with Gasteiger partial charge in [0, 0.05) is 49.1 Å². The minimum Gasteiger partial charge on any atom is -0.463 e. The average Bonchev–Trinajstić information content (AvgIpc) is 3.75. The molecule has 0 radical (unpaired) electrons. The Hall–Kier alpha value is -4.72. The normalized spacial score (nSPS) is 15.6. The topological polar surface area (TPSA) is 121 Å². The lowest BCUT2D eigenvalue weighted by atomic mass is 9.81. The number of esters is 1. The van der Waals surface area contributed by atoms with Crippen LogP contribution in [0.5, 0.6) is 0 Å². The summed E-state index contributed by atoms with van der Waals surface area (Å²) < 4.78 is 61.0. The highest BCUT2D eigenvalue weighted by Gasteiger charge is 2.49. The average molecular weight is 702 g/mol. The van der Waals surface area contributed by atoms with Gasteiger partial charge in [-0.3, -0.25) is 19.5 Å². The number of amides is 1. The third kappa shape index (κ3) is 8.66. The molecule has 2 heterocycles. The summed E-state index contributed by atoms with van der Waals surface area (Å²) in [4.78, 5) is 33.0. The summed E-state index contributed by atoms with van der Waals surface area (Å²) in [5.74, 6) is -5.51. The van der Waals surface area contributed by atoms with Gasteiger partial charge in [-0.05, 0) is 53.3 Å². The van der Waals surface area contributed by atoms with Gasteiger partial charge in [-0.1, -0.05) is 50.6 Å². The molecule has 260 valence electrons. The number of guanidine groups is 1. The summed E-state index contributed by atoms with van der Waals surface area (Å²) >= 11 is 6.52. The van der Waals surface area contributed by atoms with Gasteiger partial charge in [0.15, 0.2) is 5.96 Å². The van der Waals surface area contributed by atoms with Gasteiger partial charge in [-0.25, -0.2) is 18.1 Å². The van der Waals surface area contributed by atoms with Gasteiger partial charge < -0.3 is 10.5 Å². The lowest BCUT2D eigenvalue weighted by Gasteiger charge is -2.35. The molecular formula is C34H36ClF4N7O3. The summed E-state index contributed by atoms with van der Waals surface area (Å²) in [5, 5.41) is 8.25. The van der Waals surface area contributed by atoms with Crippen LogP contribution in [-0.4, -0.2) is 61.4 Å². The zero-order valence-corrected chi connectivity index (χ0v) is 27.8. The molecule has 49 heavy (non-hydrogen) atoms. The Morgan fingerprint density at radius 2 is 1.84 bits per heavy atom. The van der Waals surface area contributed by atoms with Crippen LogP contribution in [0.3, 0.4) is 0 Å². The quantitative estimate of drug-likeness (QED) is 0.0758. The Balaban J connectivity index is 1.54. The number of hydrogen-bond donors (Lipinski definition) is 1. The lowest BCUT2D eigenvalue weighted by molar-refractivity contribution is -0.172. The first kappa shape index (κ1) is 35.6. The Labute approximate surface area is 285 Å². The number of carbonyl (C=O) groups is 2. The molecule has 1 aliphatic carbocycles. The maximum atomic E-state index is 14.4. The Kier molecular flexibility index (Phi) is 10.5. The summed E-state index contributed by atoms with van der Waals surface area (Å²) in [6, 6.07) is 11.7. The van der Waals surface area contributed by atoms with Crippen molar-refractivity contribution in [2.75, 3.05) is 13.2 Å². The van der Waals surface area contributed by atoms with Crippen LogP contribution in [0, 0.1) is 11.3 Å². The van der Waals surface area contributed by atoms with E-state index in [4.69, 9.17) is 22.1 Å². The van der Waals surface area contributed by atoms with Crippen molar-refractivity contribution in [1.82, 2.24) is 24.5 Å². The van der Waals surface area contributed by atoms with Crippen LogP contribution < -0.4 is 5.73 Å². The second kappa shape index (κ2) is 14.4. The maximum absolute atomic E-state index is 14.4. The molecule has 1 fully saturated rings. The molecular weight excluding hydrogens is 666 g/mol. The molecule has 10 nitrogen and oxygen atoms in total. The molecule has 0 spiro atoms.